The van der Waals surface area contributed by atoms with E-state index in [0.717, 1.165) is 6.54 Å². The number of carbonyl (C=O) groups excluding carboxylic acids is 2. The summed E-state index contributed by atoms with van der Waals surface area (Å²) in [6.45, 7) is 4.80. The first kappa shape index (κ1) is 13.9. The number of hydrogen-bond donors (Lipinski definition) is 1. The fourth-order valence-corrected chi connectivity index (χ4v) is 1.86. The quantitative estimate of drug-likeness (QED) is 0.680. The Morgan fingerprint density at radius 3 is 2.65 bits per heavy atom. The van der Waals surface area contributed by atoms with Crippen LogP contribution >= 0.6 is 0 Å². The maximum atomic E-state index is 11.8. The zero-order valence-corrected chi connectivity index (χ0v) is 10.5. The molecule has 0 aromatic rings. The largest absolute Gasteiger partial charge is 0.372 e. The highest BCUT2D eigenvalue weighted by molar-refractivity contribution is 5.80. The maximum Gasteiger partial charge on any atom is 0.248 e. The third-order valence-corrected chi connectivity index (χ3v) is 2.91. The van der Waals surface area contributed by atoms with Gasteiger partial charge in [0.25, 0.3) is 0 Å². The number of ether oxygens (including phenoxy) is 1. The van der Waals surface area contributed by atoms with Crippen molar-refractivity contribution in [3.63, 3.8) is 0 Å². The van der Waals surface area contributed by atoms with Crippen LogP contribution in [0.1, 0.15) is 6.92 Å². The Kier molecular flexibility index (Phi) is 5.37. The van der Waals surface area contributed by atoms with Crippen molar-refractivity contribution >= 4 is 11.8 Å². The van der Waals surface area contributed by atoms with Crippen LogP contribution in [0, 0.1) is 5.92 Å². The van der Waals surface area contributed by atoms with Crippen LogP contribution < -0.4 is 5.73 Å². The van der Waals surface area contributed by atoms with E-state index in [-0.39, 0.29) is 24.3 Å². The first-order valence-electron chi connectivity index (χ1n) is 5.88. The SMILES string of the molecule is CCOCC(=O)N1CCN(C)CC(C(N)=O)C1. The summed E-state index contributed by atoms with van der Waals surface area (Å²) in [6, 6.07) is 0. The third kappa shape index (κ3) is 4.32. The van der Waals surface area contributed by atoms with Crippen molar-refractivity contribution < 1.29 is 14.3 Å². The fraction of sp³-hybridized carbons (Fsp3) is 0.818. The van der Waals surface area contributed by atoms with Crippen molar-refractivity contribution in [3.8, 4) is 0 Å². The van der Waals surface area contributed by atoms with Crippen molar-refractivity contribution in [1.82, 2.24) is 9.80 Å². The van der Waals surface area contributed by atoms with Crippen LogP contribution in [0.4, 0.5) is 0 Å². The fourth-order valence-electron chi connectivity index (χ4n) is 1.86. The van der Waals surface area contributed by atoms with E-state index >= 15 is 0 Å². The van der Waals surface area contributed by atoms with Crippen molar-refractivity contribution in [2.45, 2.75) is 6.92 Å². The smallest absolute Gasteiger partial charge is 0.248 e. The van der Waals surface area contributed by atoms with E-state index < -0.39 is 0 Å². The number of likely N-dealkylation sites (N-methyl/N-ethyl adjacent to an activating group) is 1. The molecule has 0 saturated carbocycles. The van der Waals surface area contributed by atoms with Crippen molar-refractivity contribution in [3.05, 3.63) is 0 Å². The van der Waals surface area contributed by atoms with Gasteiger partial charge in [-0.3, -0.25) is 9.59 Å². The molecule has 1 heterocycles. The second kappa shape index (κ2) is 6.56. The maximum absolute atomic E-state index is 11.8. The van der Waals surface area contributed by atoms with Gasteiger partial charge in [-0.05, 0) is 14.0 Å². The Morgan fingerprint density at radius 2 is 2.06 bits per heavy atom. The second-order valence-corrected chi connectivity index (χ2v) is 4.34. The molecule has 1 unspecified atom stereocenters. The van der Waals surface area contributed by atoms with Crippen molar-refractivity contribution in [2.75, 3.05) is 46.4 Å². The van der Waals surface area contributed by atoms with Gasteiger partial charge in [0.05, 0.1) is 5.92 Å². The number of hydrogen-bond acceptors (Lipinski definition) is 4. The highest BCUT2D eigenvalue weighted by atomic mass is 16.5. The summed E-state index contributed by atoms with van der Waals surface area (Å²) in [7, 11) is 1.92. The predicted octanol–water partition coefficient (Wildman–Crippen LogP) is -1.10. The van der Waals surface area contributed by atoms with E-state index in [1.165, 1.54) is 0 Å². The monoisotopic (exact) mass is 243 g/mol. The van der Waals surface area contributed by atoms with Crippen LogP contribution in [0.25, 0.3) is 0 Å². The minimum absolute atomic E-state index is 0.0751. The molecule has 1 aliphatic rings. The molecule has 6 nitrogen and oxygen atoms in total. The van der Waals surface area contributed by atoms with Crippen molar-refractivity contribution in [2.24, 2.45) is 11.7 Å². The zero-order valence-electron chi connectivity index (χ0n) is 10.5. The van der Waals surface area contributed by atoms with Crippen LogP contribution in [0.3, 0.4) is 0 Å². The molecule has 98 valence electrons. The van der Waals surface area contributed by atoms with Gasteiger partial charge in [0, 0.05) is 32.8 Å². The molecule has 0 bridgehead atoms. The number of carbonyl (C=O) groups is 2. The number of nitrogens with two attached hydrogens (primary N) is 1. The number of rotatable bonds is 4. The zero-order chi connectivity index (χ0) is 12.8. The highest BCUT2D eigenvalue weighted by Crippen LogP contribution is 2.08. The normalized spacial score (nSPS) is 22.2. The highest BCUT2D eigenvalue weighted by Gasteiger charge is 2.27. The van der Waals surface area contributed by atoms with E-state index in [2.05, 4.69) is 0 Å². The second-order valence-electron chi connectivity index (χ2n) is 4.34. The standard InChI is InChI=1S/C11H21N3O3/c1-3-17-8-10(15)14-5-4-13(2)6-9(7-14)11(12)16/h9H,3-8H2,1-2H3,(H2,12,16). The van der Waals surface area contributed by atoms with Crippen LogP contribution in [0.15, 0.2) is 0 Å². The number of amides is 2. The summed E-state index contributed by atoms with van der Waals surface area (Å²) in [4.78, 5) is 26.8. The molecule has 1 saturated heterocycles. The molecule has 2 amide bonds. The number of primary amides is 1. The molecular weight excluding hydrogens is 222 g/mol. The van der Waals surface area contributed by atoms with E-state index in [1.54, 1.807) is 4.90 Å². The molecule has 1 rings (SSSR count). The van der Waals surface area contributed by atoms with Gasteiger partial charge < -0.3 is 20.3 Å². The Labute approximate surface area is 102 Å². The Bertz CT molecular complexity index is 283. The summed E-state index contributed by atoms with van der Waals surface area (Å²) in [5, 5.41) is 0. The molecule has 0 spiro atoms. The summed E-state index contributed by atoms with van der Waals surface area (Å²) in [5.74, 6) is -0.727. The summed E-state index contributed by atoms with van der Waals surface area (Å²) in [6.07, 6.45) is 0. The van der Waals surface area contributed by atoms with Gasteiger partial charge in [-0.25, -0.2) is 0 Å². The molecule has 0 aromatic heterocycles. The van der Waals surface area contributed by atoms with E-state index in [1.807, 2.05) is 18.9 Å². The number of nitrogens with zero attached hydrogens (tertiary/aromatic N) is 2. The van der Waals surface area contributed by atoms with Gasteiger partial charge >= 0.3 is 0 Å². The molecule has 1 atom stereocenters. The van der Waals surface area contributed by atoms with Gasteiger partial charge in [0.2, 0.25) is 11.8 Å². The van der Waals surface area contributed by atoms with Gasteiger partial charge in [-0.1, -0.05) is 0 Å². The van der Waals surface area contributed by atoms with E-state index in [4.69, 9.17) is 10.5 Å². The van der Waals surface area contributed by atoms with Crippen LogP contribution in [0.5, 0.6) is 0 Å². The minimum Gasteiger partial charge on any atom is -0.372 e. The molecule has 1 aliphatic heterocycles. The summed E-state index contributed by atoms with van der Waals surface area (Å²) >= 11 is 0. The average molecular weight is 243 g/mol. The lowest BCUT2D eigenvalue weighted by atomic mass is 10.1. The summed E-state index contributed by atoms with van der Waals surface area (Å²) in [5.41, 5.74) is 5.33. The Morgan fingerprint density at radius 1 is 1.35 bits per heavy atom. The van der Waals surface area contributed by atoms with Crippen molar-refractivity contribution in [1.29, 1.82) is 0 Å². The van der Waals surface area contributed by atoms with Gasteiger partial charge in [-0.2, -0.15) is 0 Å². The molecule has 17 heavy (non-hydrogen) atoms. The van der Waals surface area contributed by atoms with E-state index in [0.29, 0.717) is 26.2 Å². The Balaban J connectivity index is 2.59. The molecule has 0 radical (unpaired) electrons. The first-order valence-corrected chi connectivity index (χ1v) is 5.88. The lowest BCUT2D eigenvalue weighted by Crippen LogP contribution is -2.41. The summed E-state index contributed by atoms with van der Waals surface area (Å²) < 4.78 is 5.09. The van der Waals surface area contributed by atoms with Gasteiger partial charge in [0.1, 0.15) is 6.61 Å². The average Bonchev–Trinajstić information content (AvgIpc) is 2.48. The third-order valence-electron chi connectivity index (χ3n) is 2.91. The molecule has 0 aromatic carbocycles. The topological polar surface area (TPSA) is 75.9 Å². The Hall–Kier alpha value is -1.14. The molecule has 2 N–H and O–H groups in total. The first-order chi connectivity index (χ1) is 8.04. The van der Waals surface area contributed by atoms with Gasteiger partial charge in [0.15, 0.2) is 0 Å². The molecule has 1 fully saturated rings. The van der Waals surface area contributed by atoms with Crippen LogP contribution in [-0.2, 0) is 14.3 Å². The van der Waals surface area contributed by atoms with Crippen LogP contribution in [-0.4, -0.2) is 68.1 Å². The van der Waals surface area contributed by atoms with E-state index in [9.17, 15) is 9.59 Å². The van der Waals surface area contributed by atoms with Crippen LogP contribution in [0.2, 0.25) is 0 Å². The van der Waals surface area contributed by atoms with Gasteiger partial charge in [-0.15, -0.1) is 0 Å². The molecule has 0 aliphatic carbocycles. The molecular formula is C11H21N3O3. The minimum atomic E-state index is -0.354. The lowest BCUT2D eigenvalue weighted by Gasteiger charge is -2.22. The molecule has 6 heteroatoms. The lowest BCUT2D eigenvalue weighted by molar-refractivity contribution is -0.136. The predicted molar refractivity (Wildman–Crippen MR) is 63.3 cm³/mol.